The second kappa shape index (κ2) is 7.78. The minimum Gasteiger partial charge on any atom is -0.135 e. The molecule has 0 saturated heterocycles. The molecule has 6 aromatic rings. The fourth-order valence-electron chi connectivity index (χ4n) is 4.36. The standard InChI is InChI=1S/C31H22S/c1-21-6-8-22(9-7-21)23-10-12-24(13-11-23)25-14-16-26(17-15-25)27-18-19-31-29(20-27)28-4-2-3-5-30(28)32-31/h2-20H,1H3. The van der Waals surface area contributed by atoms with Crippen LogP contribution < -0.4 is 0 Å². The molecule has 5 aromatic carbocycles. The number of benzene rings is 5. The van der Waals surface area contributed by atoms with Gasteiger partial charge < -0.3 is 0 Å². The van der Waals surface area contributed by atoms with Crippen LogP contribution in [0.3, 0.4) is 0 Å². The van der Waals surface area contributed by atoms with Crippen molar-refractivity contribution in [1.82, 2.24) is 0 Å². The van der Waals surface area contributed by atoms with Crippen molar-refractivity contribution in [1.29, 1.82) is 0 Å². The molecule has 1 heteroatoms. The minimum absolute atomic E-state index is 1.24. The highest BCUT2D eigenvalue weighted by Gasteiger charge is 2.07. The quantitative estimate of drug-likeness (QED) is 0.264. The summed E-state index contributed by atoms with van der Waals surface area (Å²) in [6.45, 7) is 2.12. The first-order valence-corrected chi connectivity index (χ1v) is 11.8. The van der Waals surface area contributed by atoms with Gasteiger partial charge in [-0.1, -0.05) is 103 Å². The van der Waals surface area contributed by atoms with Gasteiger partial charge in [0.1, 0.15) is 0 Å². The largest absolute Gasteiger partial charge is 0.135 e. The average Bonchev–Trinajstić information content (AvgIpc) is 3.23. The maximum absolute atomic E-state index is 2.33. The molecule has 0 saturated carbocycles. The maximum Gasteiger partial charge on any atom is 0.0355 e. The van der Waals surface area contributed by atoms with Crippen LogP contribution in [0.25, 0.3) is 53.6 Å². The molecule has 0 atom stereocenters. The lowest BCUT2D eigenvalue weighted by molar-refractivity contribution is 1.47. The zero-order chi connectivity index (χ0) is 21.5. The number of hydrogen-bond acceptors (Lipinski definition) is 1. The van der Waals surface area contributed by atoms with E-state index in [4.69, 9.17) is 0 Å². The first kappa shape index (κ1) is 19.0. The fraction of sp³-hybridized carbons (Fsp3) is 0.0323. The van der Waals surface area contributed by atoms with E-state index in [1.165, 1.54) is 59.1 Å². The highest BCUT2D eigenvalue weighted by Crippen LogP contribution is 2.36. The first-order valence-electron chi connectivity index (χ1n) is 10.9. The Morgan fingerprint density at radius 1 is 0.406 bits per heavy atom. The Morgan fingerprint density at radius 3 is 1.44 bits per heavy atom. The Bertz CT molecular complexity index is 1530. The summed E-state index contributed by atoms with van der Waals surface area (Å²) in [7, 11) is 0. The van der Waals surface area contributed by atoms with E-state index in [0.717, 1.165) is 0 Å². The van der Waals surface area contributed by atoms with E-state index < -0.39 is 0 Å². The van der Waals surface area contributed by atoms with E-state index in [2.05, 4.69) is 122 Å². The fourth-order valence-corrected chi connectivity index (χ4v) is 5.45. The van der Waals surface area contributed by atoms with E-state index in [1.54, 1.807) is 0 Å². The van der Waals surface area contributed by atoms with Crippen LogP contribution in [0.4, 0.5) is 0 Å². The molecular formula is C31H22S. The van der Waals surface area contributed by atoms with Gasteiger partial charge >= 0.3 is 0 Å². The molecule has 6 rings (SSSR count). The maximum atomic E-state index is 2.33. The van der Waals surface area contributed by atoms with E-state index in [1.807, 2.05) is 11.3 Å². The number of rotatable bonds is 3. The van der Waals surface area contributed by atoms with Crippen LogP contribution in [0.2, 0.25) is 0 Å². The molecule has 1 aromatic heterocycles. The van der Waals surface area contributed by atoms with Crippen LogP contribution >= 0.6 is 11.3 Å². The average molecular weight is 427 g/mol. The van der Waals surface area contributed by atoms with Crippen LogP contribution in [0.15, 0.2) is 115 Å². The summed E-state index contributed by atoms with van der Waals surface area (Å²) >= 11 is 1.87. The van der Waals surface area contributed by atoms with Crippen LogP contribution in [0, 0.1) is 6.92 Å². The monoisotopic (exact) mass is 426 g/mol. The SMILES string of the molecule is Cc1ccc(-c2ccc(-c3ccc(-c4ccc5sc6ccccc6c5c4)cc3)cc2)cc1. The molecular weight excluding hydrogens is 404 g/mol. The molecule has 0 N–H and O–H groups in total. The van der Waals surface area contributed by atoms with Crippen molar-refractivity contribution in [2.45, 2.75) is 6.92 Å². The Morgan fingerprint density at radius 2 is 0.844 bits per heavy atom. The second-order valence-corrected chi connectivity index (χ2v) is 9.41. The smallest absolute Gasteiger partial charge is 0.0355 e. The third-order valence-electron chi connectivity index (χ3n) is 6.20. The molecule has 0 nitrogen and oxygen atoms in total. The highest BCUT2D eigenvalue weighted by molar-refractivity contribution is 7.25. The van der Waals surface area contributed by atoms with Crippen molar-refractivity contribution in [3.05, 3.63) is 121 Å². The number of thiophene rings is 1. The van der Waals surface area contributed by atoms with Crippen LogP contribution in [-0.2, 0) is 0 Å². The van der Waals surface area contributed by atoms with Crippen molar-refractivity contribution in [3.8, 4) is 33.4 Å². The number of hydrogen-bond donors (Lipinski definition) is 0. The van der Waals surface area contributed by atoms with Crippen LogP contribution in [0.5, 0.6) is 0 Å². The Balaban J connectivity index is 1.30. The summed E-state index contributed by atoms with van der Waals surface area (Å²) in [5.74, 6) is 0. The highest BCUT2D eigenvalue weighted by atomic mass is 32.1. The molecule has 1 heterocycles. The molecule has 0 bridgehead atoms. The van der Waals surface area contributed by atoms with Gasteiger partial charge in [0.15, 0.2) is 0 Å². The van der Waals surface area contributed by atoms with Crippen LogP contribution in [-0.4, -0.2) is 0 Å². The van der Waals surface area contributed by atoms with Gasteiger partial charge in [0.25, 0.3) is 0 Å². The molecule has 152 valence electrons. The lowest BCUT2D eigenvalue weighted by atomic mass is 9.97. The Kier molecular flexibility index (Phi) is 4.63. The van der Waals surface area contributed by atoms with Gasteiger partial charge in [-0.25, -0.2) is 0 Å². The molecule has 0 amide bonds. The third-order valence-corrected chi connectivity index (χ3v) is 7.35. The zero-order valence-corrected chi connectivity index (χ0v) is 18.7. The van der Waals surface area contributed by atoms with Crippen molar-refractivity contribution < 1.29 is 0 Å². The van der Waals surface area contributed by atoms with E-state index >= 15 is 0 Å². The van der Waals surface area contributed by atoms with Crippen molar-refractivity contribution in [2.75, 3.05) is 0 Å². The summed E-state index contributed by atoms with van der Waals surface area (Å²) in [6, 6.07) is 42.0. The van der Waals surface area contributed by atoms with Crippen molar-refractivity contribution in [2.24, 2.45) is 0 Å². The molecule has 0 aliphatic heterocycles. The lowest BCUT2D eigenvalue weighted by Crippen LogP contribution is -1.82. The van der Waals surface area contributed by atoms with Gasteiger partial charge in [-0.3, -0.25) is 0 Å². The molecule has 0 fully saturated rings. The summed E-state index contributed by atoms with van der Waals surface area (Å²) in [5, 5.41) is 2.69. The summed E-state index contributed by atoms with van der Waals surface area (Å²) in [6.07, 6.45) is 0. The minimum atomic E-state index is 1.24. The van der Waals surface area contributed by atoms with Gasteiger partial charge in [0.05, 0.1) is 0 Å². The second-order valence-electron chi connectivity index (χ2n) is 8.33. The zero-order valence-electron chi connectivity index (χ0n) is 17.9. The lowest BCUT2D eigenvalue weighted by Gasteiger charge is -2.07. The normalized spacial score (nSPS) is 11.3. The van der Waals surface area contributed by atoms with Gasteiger partial charge in [0.2, 0.25) is 0 Å². The molecule has 0 aliphatic carbocycles. The molecule has 0 radical (unpaired) electrons. The summed E-state index contributed by atoms with van der Waals surface area (Å²) in [5.41, 5.74) is 8.80. The van der Waals surface area contributed by atoms with E-state index in [9.17, 15) is 0 Å². The molecule has 0 spiro atoms. The molecule has 32 heavy (non-hydrogen) atoms. The number of fused-ring (bicyclic) bond motifs is 3. The van der Waals surface area contributed by atoms with Gasteiger partial charge in [0, 0.05) is 20.2 Å². The third kappa shape index (κ3) is 3.41. The van der Waals surface area contributed by atoms with E-state index in [0.29, 0.717) is 0 Å². The van der Waals surface area contributed by atoms with Gasteiger partial charge in [-0.2, -0.15) is 0 Å². The molecule has 0 unspecified atom stereocenters. The summed E-state index contributed by atoms with van der Waals surface area (Å²) in [4.78, 5) is 0. The topological polar surface area (TPSA) is 0 Å². The van der Waals surface area contributed by atoms with Crippen molar-refractivity contribution >= 4 is 31.5 Å². The molecule has 0 aliphatic rings. The van der Waals surface area contributed by atoms with E-state index in [-0.39, 0.29) is 0 Å². The number of aryl methyl sites for hydroxylation is 1. The van der Waals surface area contributed by atoms with Crippen LogP contribution in [0.1, 0.15) is 5.56 Å². The predicted octanol–water partition coefficient (Wildman–Crippen LogP) is 9.36. The summed E-state index contributed by atoms with van der Waals surface area (Å²) < 4.78 is 2.70. The van der Waals surface area contributed by atoms with Crippen molar-refractivity contribution in [3.63, 3.8) is 0 Å². The first-order chi connectivity index (χ1) is 15.7. The Hall–Kier alpha value is -3.68. The Labute approximate surface area is 192 Å². The van der Waals surface area contributed by atoms with Gasteiger partial charge in [-0.05, 0) is 58.5 Å². The predicted molar refractivity (Wildman–Crippen MR) is 140 cm³/mol. The van der Waals surface area contributed by atoms with Gasteiger partial charge in [-0.15, -0.1) is 11.3 Å².